The van der Waals surface area contributed by atoms with Crippen LogP contribution >= 0.6 is 0 Å². The molecule has 0 amide bonds. The number of rotatable bonds is 1. The largest absolute Gasteiger partial charge is 0.393 e. The Hall–Kier alpha value is -1.16. The molecule has 5 rings (SSSR count). The first-order valence-electron chi connectivity index (χ1n) is 14.8. The molecule has 36 heavy (non-hydrogen) atoms. The van der Waals surface area contributed by atoms with Crippen molar-refractivity contribution in [3.8, 4) is 0 Å². The average molecular weight is 499 g/mol. The van der Waals surface area contributed by atoms with Crippen LogP contribution in [0.25, 0.3) is 0 Å². The summed E-state index contributed by atoms with van der Waals surface area (Å²) < 4.78 is 5.37. The van der Waals surface area contributed by atoms with E-state index in [2.05, 4.69) is 54.5 Å². The second kappa shape index (κ2) is 8.17. The van der Waals surface area contributed by atoms with Crippen LogP contribution in [0.3, 0.4) is 0 Å². The van der Waals surface area contributed by atoms with Gasteiger partial charge in [0.15, 0.2) is 0 Å². The lowest BCUT2D eigenvalue weighted by Crippen LogP contribution is -2.65. The average Bonchev–Trinajstić information content (AvgIpc) is 2.79. The minimum atomic E-state index is -0.565. The third-order valence-electron chi connectivity index (χ3n) is 13.6. The Morgan fingerprint density at radius 3 is 2.28 bits per heavy atom. The van der Waals surface area contributed by atoms with E-state index in [1.54, 1.807) is 0 Å². The number of esters is 2. The molecule has 4 nitrogen and oxygen atoms in total. The number of fused-ring (bicyclic) bond motifs is 7. The fraction of sp³-hybridized carbons (Fsp3) is 0.875. The van der Waals surface area contributed by atoms with Gasteiger partial charge in [0.25, 0.3) is 0 Å². The zero-order valence-electron chi connectivity index (χ0n) is 24.1. The van der Waals surface area contributed by atoms with Gasteiger partial charge in [0, 0.05) is 6.92 Å². The van der Waals surface area contributed by atoms with E-state index in [0.717, 1.165) is 44.9 Å². The first kappa shape index (κ1) is 26.4. The van der Waals surface area contributed by atoms with E-state index in [4.69, 9.17) is 4.74 Å². The van der Waals surface area contributed by atoms with Gasteiger partial charge in [-0.15, -0.1) is 0 Å². The molecule has 202 valence electrons. The van der Waals surface area contributed by atoms with Crippen molar-refractivity contribution in [1.29, 1.82) is 0 Å². The molecular weight excluding hydrogens is 448 g/mol. The predicted octanol–water partition coefficient (Wildman–Crippen LogP) is 7.09. The van der Waals surface area contributed by atoms with Crippen molar-refractivity contribution < 1.29 is 19.4 Å². The molecule has 0 unspecified atom stereocenters. The molecule has 0 aromatic carbocycles. The van der Waals surface area contributed by atoms with Crippen LogP contribution in [0.2, 0.25) is 0 Å². The van der Waals surface area contributed by atoms with Gasteiger partial charge in [-0.2, -0.15) is 0 Å². The first-order chi connectivity index (χ1) is 16.6. The van der Waals surface area contributed by atoms with Crippen LogP contribution in [0.1, 0.15) is 113 Å². The molecule has 0 aliphatic heterocycles. The first-order valence-corrected chi connectivity index (χ1v) is 14.8. The molecule has 0 bridgehead atoms. The van der Waals surface area contributed by atoms with E-state index in [1.165, 1.54) is 25.3 Å². The van der Waals surface area contributed by atoms with Crippen LogP contribution in [0.5, 0.6) is 0 Å². The van der Waals surface area contributed by atoms with E-state index in [0.29, 0.717) is 23.7 Å². The fourth-order valence-corrected chi connectivity index (χ4v) is 11.1. The van der Waals surface area contributed by atoms with Crippen molar-refractivity contribution in [3.05, 3.63) is 11.6 Å². The third-order valence-corrected chi connectivity index (χ3v) is 13.6. The normalized spacial score (nSPS) is 51.5. The number of aliphatic hydroxyl groups is 1. The highest BCUT2D eigenvalue weighted by molar-refractivity contribution is 5.88. The molecule has 4 heteroatoms. The fourth-order valence-electron chi connectivity index (χ4n) is 11.1. The third kappa shape index (κ3) is 3.21. The Balaban J connectivity index is 1.60. The van der Waals surface area contributed by atoms with Gasteiger partial charge in [0.05, 0.1) is 11.5 Å². The highest BCUT2D eigenvalue weighted by Gasteiger charge is 2.69. The van der Waals surface area contributed by atoms with Crippen LogP contribution in [-0.2, 0) is 14.3 Å². The maximum absolute atomic E-state index is 13.6. The van der Waals surface area contributed by atoms with Gasteiger partial charge in [0.1, 0.15) is 0 Å². The highest BCUT2D eigenvalue weighted by Crippen LogP contribution is 2.75. The van der Waals surface area contributed by atoms with Crippen molar-refractivity contribution in [1.82, 2.24) is 0 Å². The van der Waals surface area contributed by atoms with Crippen molar-refractivity contribution >= 4 is 11.9 Å². The molecule has 0 heterocycles. The van der Waals surface area contributed by atoms with E-state index in [9.17, 15) is 14.7 Å². The molecule has 1 N–H and O–H groups in total. The topological polar surface area (TPSA) is 63.6 Å². The lowest BCUT2D eigenvalue weighted by molar-refractivity contribution is -0.207. The summed E-state index contributed by atoms with van der Waals surface area (Å²) in [5.41, 5.74) is 1.31. The molecule has 4 fully saturated rings. The second-order valence-electron chi connectivity index (χ2n) is 15.1. The van der Waals surface area contributed by atoms with Gasteiger partial charge in [-0.3, -0.25) is 9.59 Å². The van der Waals surface area contributed by atoms with E-state index >= 15 is 0 Å². The van der Waals surface area contributed by atoms with Crippen molar-refractivity contribution in [2.75, 3.05) is 0 Å². The van der Waals surface area contributed by atoms with Crippen LogP contribution in [-0.4, -0.2) is 23.1 Å². The van der Waals surface area contributed by atoms with Crippen molar-refractivity contribution in [2.24, 2.45) is 56.7 Å². The zero-order chi connectivity index (χ0) is 26.5. The summed E-state index contributed by atoms with van der Waals surface area (Å²) >= 11 is 0. The van der Waals surface area contributed by atoms with Crippen LogP contribution < -0.4 is 0 Å². The Morgan fingerprint density at radius 1 is 0.917 bits per heavy atom. The smallest absolute Gasteiger partial charge is 0.320 e. The molecule has 4 saturated carbocycles. The Bertz CT molecular complexity index is 981. The molecule has 0 saturated heterocycles. The maximum Gasteiger partial charge on any atom is 0.320 e. The number of ether oxygens (including phenoxy) is 1. The summed E-state index contributed by atoms with van der Waals surface area (Å²) in [5, 5.41) is 10.9. The van der Waals surface area contributed by atoms with E-state index < -0.39 is 11.4 Å². The van der Waals surface area contributed by atoms with Gasteiger partial charge < -0.3 is 9.84 Å². The van der Waals surface area contributed by atoms with Crippen LogP contribution in [0, 0.1) is 56.7 Å². The summed E-state index contributed by atoms with van der Waals surface area (Å²) in [6.45, 7) is 18.3. The highest BCUT2D eigenvalue weighted by atomic mass is 16.6. The number of carbonyl (C=O) groups excluding carboxylic acids is 2. The predicted molar refractivity (Wildman–Crippen MR) is 142 cm³/mol. The summed E-state index contributed by atoms with van der Waals surface area (Å²) in [5.74, 6) is 1.46. The molecular formula is C32H50O4. The summed E-state index contributed by atoms with van der Waals surface area (Å²) in [7, 11) is 0. The minimum Gasteiger partial charge on any atom is -0.393 e. The summed E-state index contributed by atoms with van der Waals surface area (Å²) in [6.07, 6.45) is 11.4. The quantitative estimate of drug-likeness (QED) is 0.238. The van der Waals surface area contributed by atoms with Crippen LogP contribution in [0.15, 0.2) is 11.6 Å². The number of allylic oxidation sites excluding steroid dienone is 2. The van der Waals surface area contributed by atoms with Gasteiger partial charge in [-0.05, 0) is 109 Å². The van der Waals surface area contributed by atoms with Gasteiger partial charge in [-0.25, -0.2) is 0 Å². The summed E-state index contributed by atoms with van der Waals surface area (Å²) in [4.78, 5) is 25.5. The molecule has 0 spiro atoms. The lowest BCUT2D eigenvalue weighted by Gasteiger charge is -2.71. The minimum absolute atomic E-state index is 0.0418. The molecule has 0 aromatic rings. The molecule has 0 radical (unpaired) electrons. The number of hydrogen-bond donors (Lipinski definition) is 1. The molecule has 10 atom stereocenters. The second-order valence-corrected chi connectivity index (χ2v) is 15.1. The molecule has 0 aromatic heterocycles. The van der Waals surface area contributed by atoms with E-state index in [1.807, 2.05) is 0 Å². The van der Waals surface area contributed by atoms with Crippen molar-refractivity contribution in [2.45, 2.75) is 119 Å². The maximum atomic E-state index is 13.6. The Morgan fingerprint density at radius 2 is 1.61 bits per heavy atom. The number of hydrogen-bond acceptors (Lipinski definition) is 4. The lowest BCUT2D eigenvalue weighted by atomic mass is 9.33. The van der Waals surface area contributed by atoms with Gasteiger partial charge in [-0.1, -0.05) is 60.1 Å². The van der Waals surface area contributed by atoms with Crippen molar-refractivity contribution in [3.63, 3.8) is 0 Å². The standard InChI is InChI=1S/C32H50O4/c1-19-11-16-32(27(35)36-21(3)33)18-17-30(7)22(26(32)20(19)2)9-10-24-29(6)14-13-25(34)28(4,5)23(29)12-15-31(24,30)8/h9,19-20,23-26,34H,10-18H2,1-8H3/t19-,20+,23+,24-,25+,26+,29+,30-,31-,32+/m1/s1. The molecule has 5 aliphatic rings. The van der Waals surface area contributed by atoms with E-state index in [-0.39, 0.29) is 39.7 Å². The monoisotopic (exact) mass is 498 g/mol. The van der Waals surface area contributed by atoms with Gasteiger partial charge >= 0.3 is 11.9 Å². The number of aliphatic hydroxyl groups excluding tert-OH is 1. The van der Waals surface area contributed by atoms with Gasteiger partial charge in [0.2, 0.25) is 0 Å². The summed E-state index contributed by atoms with van der Waals surface area (Å²) in [6, 6.07) is 0. The Labute approximate surface area is 219 Å². The van der Waals surface area contributed by atoms with Crippen LogP contribution in [0.4, 0.5) is 0 Å². The Kier molecular flexibility index (Phi) is 6.00. The SMILES string of the molecule is CC(=O)OC(=O)[C@]12CC[C@@H](C)[C@H](C)[C@H]1C1=CC[C@@H]3[C@@]4(C)CC[C@H](O)C(C)(C)[C@@H]4CC[C@@]3(C)[C@]1(C)CC2. The molecule has 5 aliphatic carbocycles. The zero-order valence-corrected chi connectivity index (χ0v) is 24.1. The number of carbonyl (C=O) groups is 2.